The minimum Gasteiger partial charge on any atom is -0.342 e. The van der Waals surface area contributed by atoms with Crippen LogP contribution in [0.1, 0.15) is 69.2 Å². The lowest BCUT2D eigenvalue weighted by Crippen LogP contribution is -2.73. The van der Waals surface area contributed by atoms with E-state index >= 15 is 0 Å². The van der Waals surface area contributed by atoms with Crippen LogP contribution < -0.4 is 5.32 Å². The Balaban J connectivity index is 1.28. The summed E-state index contributed by atoms with van der Waals surface area (Å²) in [7, 11) is 0. The van der Waals surface area contributed by atoms with E-state index in [1.54, 1.807) is 11.3 Å². The quantitative estimate of drug-likeness (QED) is 0.395. The molecule has 1 spiro atoms. The maximum atomic E-state index is 13.6. The molecular weight excluding hydrogens is 466 g/mol. The number of hydrogen-bond acceptors (Lipinski definition) is 4. The highest BCUT2D eigenvalue weighted by atomic mass is 32.1. The van der Waals surface area contributed by atoms with Gasteiger partial charge in [0.15, 0.2) is 0 Å². The fourth-order valence-corrected chi connectivity index (χ4v) is 6.51. The summed E-state index contributed by atoms with van der Waals surface area (Å²) in [5.74, 6) is 0.549. The monoisotopic (exact) mass is 509 g/mol. The number of piperazine rings is 1. The molecule has 5 nitrogen and oxygen atoms in total. The minimum absolute atomic E-state index is 0.0690. The molecule has 0 unspecified atom stereocenters. The van der Waals surface area contributed by atoms with Crippen molar-refractivity contribution in [3.8, 4) is 0 Å². The number of amides is 2. The Bertz CT molecular complexity index is 952. The molecule has 2 saturated heterocycles. The van der Waals surface area contributed by atoms with Gasteiger partial charge in [-0.25, -0.2) is 0 Å². The summed E-state index contributed by atoms with van der Waals surface area (Å²) in [5.41, 5.74) is 0.743. The average molecular weight is 510 g/mol. The number of likely N-dealkylation sites (tertiary alicyclic amines) is 1. The second-order valence-corrected chi connectivity index (χ2v) is 12.0. The summed E-state index contributed by atoms with van der Waals surface area (Å²) >= 11 is 1.73. The third-order valence-electron chi connectivity index (χ3n) is 7.89. The molecule has 0 aliphatic carbocycles. The Hall–Kier alpha value is -2.18. The van der Waals surface area contributed by atoms with Crippen molar-refractivity contribution in [1.82, 2.24) is 15.1 Å². The molecule has 1 aromatic heterocycles. The SMILES string of the molecule is CC(C)C[C@@H]1NC(=O)C2(CCN(CCCCCCc3ccccc3)CC2)N(CCc2cccs2)C1=O. The summed E-state index contributed by atoms with van der Waals surface area (Å²) in [5, 5.41) is 5.21. The first-order valence-corrected chi connectivity index (χ1v) is 14.8. The number of carbonyl (C=O) groups is 2. The van der Waals surface area contributed by atoms with Gasteiger partial charge in [-0.05, 0) is 74.4 Å². The van der Waals surface area contributed by atoms with Gasteiger partial charge in [0.05, 0.1) is 0 Å². The van der Waals surface area contributed by atoms with E-state index in [1.807, 2.05) is 4.90 Å². The van der Waals surface area contributed by atoms with E-state index < -0.39 is 5.54 Å². The maximum Gasteiger partial charge on any atom is 0.246 e. The second-order valence-electron chi connectivity index (χ2n) is 11.0. The van der Waals surface area contributed by atoms with Gasteiger partial charge in [0.1, 0.15) is 11.6 Å². The average Bonchev–Trinajstić information content (AvgIpc) is 3.40. The predicted octanol–water partition coefficient (Wildman–Crippen LogP) is 5.30. The van der Waals surface area contributed by atoms with E-state index in [0.717, 1.165) is 45.3 Å². The molecular formula is C30H43N3O2S. The molecule has 2 amide bonds. The first-order chi connectivity index (χ1) is 17.5. The van der Waals surface area contributed by atoms with Crippen molar-refractivity contribution in [3.05, 3.63) is 58.3 Å². The topological polar surface area (TPSA) is 52.7 Å². The number of hydrogen-bond donors (Lipinski definition) is 1. The van der Waals surface area contributed by atoms with Crippen LogP contribution in [0.5, 0.6) is 0 Å². The van der Waals surface area contributed by atoms with Gasteiger partial charge in [0, 0.05) is 24.5 Å². The Morgan fingerprint density at radius 3 is 2.39 bits per heavy atom. The van der Waals surface area contributed by atoms with Crippen LogP contribution in [-0.4, -0.2) is 59.4 Å². The largest absolute Gasteiger partial charge is 0.342 e. The van der Waals surface area contributed by atoms with E-state index in [9.17, 15) is 9.59 Å². The van der Waals surface area contributed by atoms with Crippen LogP contribution in [0.25, 0.3) is 0 Å². The molecule has 4 rings (SSSR count). The predicted molar refractivity (Wildman–Crippen MR) is 148 cm³/mol. The number of piperidine rings is 1. The summed E-state index contributed by atoms with van der Waals surface area (Å²) in [6.45, 7) is 7.70. The van der Waals surface area contributed by atoms with Crippen LogP contribution in [0.4, 0.5) is 0 Å². The summed E-state index contributed by atoms with van der Waals surface area (Å²) in [4.78, 5) is 32.9. The van der Waals surface area contributed by atoms with Crippen molar-refractivity contribution in [3.63, 3.8) is 0 Å². The number of unbranched alkanes of at least 4 members (excludes halogenated alkanes) is 3. The highest BCUT2D eigenvalue weighted by Crippen LogP contribution is 2.34. The summed E-state index contributed by atoms with van der Waals surface area (Å²) in [6, 6.07) is 14.5. The lowest BCUT2D eigenvalue weighted by molar-refractivity contribution is -0.161. The van der Waals surface area contributed by atoms with Gasteiger partial charge in [0.2, 0.25) is 11.8 Å². The highest BCUT2D eigenvalue weighted by Gasteiger charge is 2.53. The number of benzene rings is 1. The third-order valence-corrected chi connectivity index (χ3v) is 8.83. The molecule has 196 valence electrons. The van der Waals surface area contributed by atoms with Gasteiger partial charge in [-0.1, -0.05) is 63.1 Å². The smallest absolute Gasteiger partial charge is 0.246 e. The van der Waals surface area contributed by atoms with Gasteiger partial charge < -0.3 is 15.1 Å². The molecule has 3 heterocycles. The van der Waals surface area contributed by atoms with Crippen LogP contribution in [0, 0.1) is 5.92 Å². The molecule has 1 aromatic carbocycles. The van der Waals surface area contributed by atoms with Gasteiger partial charge in [-0.3, -0.25) is 9.59 Å². The molecule has 0 saturated carbocycles. The highest BCUT2D eigenvalue weighted by molar-refractivity contribution is 7.09. The molecule has 0 bridgehead atoms. The Kier molecular flexibility index (Phi) is 9.60. The first-order valence-electron chi connectivity index (χ1n) is 13.9. The van der Waals surface area contributed by atoms with Gasteiger partial charge in [-0.15, -0.1) is 11.3 Å². The first kappa shape index (κ1) is 26.9. The Morgan fingerprint density at radius 2 is 1.69 bits per heavy atom. The molecule has 36 heavy (non-hydrogen) atoms. The fraction of sp³-hybridized carbons (Fsp3) is 0.600. The summed E-state index contributed by atoms with van der Waals surface area (Å²) in [6.07, 6.45) is 9.10. The fourth-order valence-electron chi connectivity index (χ4n) is 5.81. The van der Waals surface area contributed by atoms with Gasteiger partial charge in [-0.2, -0.15) is 0 Å². The van der Waals surface area contributed by atoms with Crippen LogP contribution in [0.3, 0.4) is 0 Å². The molecule has 0 radical (unpaired) electrons. The van der Waals surface area contributed by atoms with Gasteiger partial charge in [0.25, 0.3) is 0 Å². The van der Waals surface area contributed by atoms with Crippen LogP contribution in [0.2, 0.25) is 0 Å². The number of thiophene rings is 1. The lowest BCUT2D eigenvalue weighted by Gasteiger charge is -2.52. The van der Waals surface area contributed by atoms with Gasteiger partial charge >= 0.3 is 0 Å². The lowest BCUT2D eigenvalue weighted by atomic mass is 9.80. The molecule has 2 fully saturated rings. The Morgan fingerprint density at radius 1 is 0.944 bits per heavy atom. The molecule has 2 aromatic rings. The van der Waals surface area contributed by atoms with E-state index in [4.69, 9.17) is 0 Å². The summed E-state index contributed by atoms with van der Waals surface area (Å²) < 4.78 is 0. The van der Waals surface area contributed by atoms with Crippen molar-refractivity contribution in [1.29, 1.82) is 0 Å². The third kappa shape index (κ3) is 6.77. The molecule has 1 N–H and O–H groups in total. The van der Waals surface area contributed by atoms with Crippen LogP contribution in [-0.2, 0) is 22.4 Å². The van der Waals surface area contributed by atoms with E-state index in [1.165, 1.54) is 36.1 Å². The number of nitrogens with zero attached hydrogens (tertiary/aromatic N) is 2. The minimum atomic E-state index is -0.687. The van der Waals surface area contributed by atoms with Crippen molar-refractivity contribution < 1.29 is 9.59 Å². The molecule has 2 aliphatic heterocycles. The van der Waals surface area contributed by atoms with E-state index in [0.29, 0.717) is 18.9 Å². The molecule has 2 aliphatic rings. The zero-order valence-corrected chi connectivity index (χ0v) is 22.9. The van der Waals surface area contributed by atoms with E-state index in [-0.39, 0.29) is 17.9 Å². The molecule has 1 atom stereocenters. The zero-order valence-electron chi connectivity index (χ0n) is 22.1. The normalized spacial score (nSPS) is 20.3. The zero-order chi connectivity index (χ0) is 25.4. The van der Waals surface area contributed by atoms with Crippen LogP contribution >= 0.6 is 11.3 Å². The van der Waals surface area contributed by atoms with Crippen molar-refractivity contribution >= 4 is 23.2 Å². The number of nitrogens with one attached hydrogen (secondary N) is 1. The standard InChI is InChI=1S/C30H43N3O2S/c1-24(2)23-27-28(34)33(19-15-26-14-10-22-36-26)30(29(35)31-27)16-20-32(21-17-30)18-9-4-3-6-11-25-12-7-5-8-13-25/h5,7-8,10,12-14,22,24,27H,3-4,6,9,11,15-21,23H2,1-2H3,(H,31,35)/t27-/m0/s1. The van der Waals surface area contributed by atoms with Crippen LogP contribution in [0.15, 0.2) is 47.8 Å². The molecule has 6 heteroatoms. The Labute approximate surface area is 221 Å². The van der Waals surface area contributed by atoms with E-state index in [2.05, 4.69) is 71.9 Å². The maximum absolute atomic E-state index is 13.6. The van der Waals surface area contributed by atoms with Crippen molar-refractivity contribution in [2.24, 2.45) is 5.92 Å². The number of rotatable bonds is 12. The second kappa shape index (κ2) is 12.9. The van der Waals surface area contributed by atoms with Crippen molar-refractivity contribution in [2.75, 3.05) is 26.2 Å². The van der Waals surface area contributed by atoms with Crippen molar-refractivity contribution in [2.45, 2.75) is 83.2 Å². The number of aryl methyl sites for hydroxylation is 1. The number of carbonyl (C=O) groups excluding carboxylic acids is 2.